The minimum Gasteiger partial charge on any atom is -0.368 e. The van der Waals surface area contributed by atoms with Gasteiger partial charge in [-0.3, -0.25) is 0 Å². The van der Waals surface area contributed by atoms with Crippen molar-refractivity contribution in [3.63, 3.8) is 0 Å². The summed E-state index contributed by atoms with van der Waals surface area (Å²) >= 11 is 1.82. The average Bonchev–Trinajstić information content (AvgIpc) is 3.23. The fourth-order valence-electron chi connectivity index (χ4n) is 3.40. The summed E-state index contributed by atoms with van der Waals surface area (Å²) in [4.78, 5) is 4.78. The zero-order valence-electron chi connectivity index (χ0n) is 13.3. The van der Waals surface area contributed by atoms with E-state index >= 15 is 0 Å². The highest BCUT2D eigenvalue weighted by molar-refractivity contribution is 8.00. The summed E-state index contributed by atoms with van der Waals surface area (Å²) in [5, 5.41) is 4.93. The van der Waals surface area contributed by atoms with Gasteiger partial charge in [0.05, 0.1) is 5.69 Å². The Morgan fingerprint density at radius 1 is 0.840 bits per heavy atom. The molecule has 5 rings (SSSR count). The number of H-pyrrole nitrogens is 1. The highest BCUT2D eigenvalue weighted by atomic mass is 32.2. The lowest BCUT2D eigenvalue weighted by Crippen LogP contribution is -2.02. The molecule has 4 heteroatoms. The van der Waals surface area contributed by atoms with Crippen LogP contribution in [0.1, 0.15) is 10.9 Å². The number of aromatic amines is 1. The van der Waals surface area contributed by atoms with Crippen molar-refractivity contribution in [2.75, 3.05) is 5.32 Å². The van der Waals surface area contributed by atoms with Crippen LogP contribution in [0.3, 0.4) is 0 Å². The van der Waals surface area contributed by atoms with Crippen LogP contribution < -0.4 is 5.32 Å². The van der Waals surface area contributed by atoms with Crippen LogP contribution in [0.2, 0.25) is 0 Å². The number of aromatic nitrogens is 1. The molecule has 1 unspecified atom stereocenters. The standard InChI is InChI=1S/C21H15FN2S/c22-14-11-9-13(10-12-14)20-19(15-5-1-2-6-16(15)23-20)21-24-17-7-3-4-8-18(17)25-21/h1-12,21,23-24H. The largest absolute Gasteiger partial charge is 0.368 e. The number of nitrogens with one attached hydrogen (secondary N) is 2. The number of hydrogen-bond donors (Lipinski definition) is 2. The molecular formula is C21H15FN2S. The number of thioether (sulfide) groups is 1. The Bertz CT molecular complexity index is 1040. The molecule has 122 valence electrons. The van der Waals surface area contributed by atoms with Gasteiger partial charge in [-0.05, 0) is 48.0 Å². The SMILES string of the molecule is Fc1ccc(-c2[nH]c3ccccc3c2C2Nc3ccccc3S2)cc1. The predicted octanol–water partition coefficient (Wildman–Crippen LogP) is 6.19. The second-order valence-electron chi connectivity index (χ2n) is 6.10. The van der Waals surface area contributed by atoms with Gasteiger partial charge in [0.1, 0.15) is 11.2 Å². The number of hydrogen-bond acceptors (Lipinski definition) is 2. The first-order chi connectivity index (χ1) is 12.3. The summed E-state index contributed by atoms with van der Waals surface area (Å²) in [5.41, 5.74) is 5.50. The second-order valence-corrected chi connectivity index (χ2v) is 7.25. The number of halogens is 1. The van der Waals surface area contributed by atoms with Crippen LogP contribution in [0.25, 0.3) is 22.2 Å². The Balaban J connectivity index is 1.69. The summed E-state index contributed by atoms with van der Waals surface area (Å²) in [7, 11) is 0. The molecule has 1 atom stereocenters. The van der Waals surface area contributed by atoms with E-state index in [1.54, 1.807) is 0 Å². The third kappa shape index (κ3) is 2.41. The number of benzene rings is 3. The Morgan fingerprint density at radius 2 is 1.60 bits per heavy atom. The topological polar surface area (TPSA) is 27.8 Å². The fraction of sp³-hybridized carbons (Fsp3) is 0.0476. The van der Waals surface area contributed by atoms with E-state index in [1.165, 1.54) is 28.0 Å². The van der Waals surface area contributed by atoms with Crippen LogP contribution in [0.5, 0.6) is 0 Å². The maximum absolute atomic E-state index is 13.4. The van der Waals surface area contributed by atoms with E-state index in [0.717, 1.165) is 22.5 Å². The van der Waals surface area contributed by atoms with Gasteiger partial charge in [0, 0.05) is 27.0 Å². The van der Waals surface area contributed by atoms with E-state index in [1.807, 2.05) is 36.0 Å². The number of fused-ring (bicyclic) bond motifs is 2. The van der Waals surface area contributed by atoms with E-state index in [4.69, 9.17) is 0 Å². The van der Waals surface area contributed by atoms with Crippen molar-refractivity contribution in [1.82, 2.24) is 4.98 Å². The van der Waals surface area contributed by atoms with Crippen LogP contribution in [0.15, 0.2) is 77.7 Å². The van der Waals surface area contributed by atoms with Crippen molar-refractivity contribution in [2.24, 2.45) is 0 Å². The van der Waals surface area contributed by atoms with Gasteiger partial charge in [-0.1, -0.05) is 42.1 Å². The third-order valence-corrected chi connectivity index (χ3v) is 5.76. The molecule has 2 N–H and O–H groups in total. The summed E-state index contributed by atoms with van der Waals surface area (Å²) in [6.45, 7) is 0. The summed E-state index contributed by atoms with van der Waals surface area (Å²) in [6.07, 6.45) is 0. The van der Waals surface area contributed by atoms with Crippen LogP contribution in [-0.4, -0.2) is 4.98 Å². The first kappa shape index (κ1) is 14.6. The van der Waals surface area contributed by atoms with E-state index < -0.39 is 0 Å². The van der Waals surface area contributed by atoms with Crippen molar-refractivity contribution >= 4 is 28.4 Å². The Labute approximate surface area is 149 Å². The van der Waals surface area contributed by atoms with Crippen molar-refractivity contribution in [1.29, 1.82) is 0 Å². The monoisotopic (exact) mass is 346 g/mol. The highest BCUT2D eigenvalue weighted by Crippen LogP contribution is 2.50. The average molecular weight is 346 g/mol. The zero-order valence-corrected chi connectivity index (χ0v) is 14.1. The minimum absolute atomic E-state index is 0.119. The van der Waals surface area contributed by atoms with Crippen molar-refractivity contribution in [2.45, 2.75) is 10.3 Å². The van der Waals surface area contributed by atoms with Crippen LogP contribution in [0.4, 0.5) is 10.1 Å². The number of anilines is 1. The van der Waals surface area contributed by atoms with E-state index in [-0.39, 0.29) is 11.2 Å². The molecule has 0 bridgehead atoms. The van der Waals surface area contributed by atoms with E-state index in [0.29, 0.717) is 0 Å². The maximum Gasteiger partial charge on any atom is 0.123 e. The molecule has 25 heavy (non-hydrogen) atoms. The minimum atomic E-state index is -0.220. The molecule has 1 aromatic heterocycles. The zero-order chi connectivity index (χ0) is 16.8. The summed E-state index contributed by atoms with van der Waals surface area (Å²) < 4.78 is 13.4. The van der Waals surface area contributed by atoms with E-state index in [9.17, 15) is 4.39 Å². The van der Waals surface area contributed by atoms with Crippen LogP contribution in [0, 0.1) is 5.82 Å². The van der Waals surface area contributed by atoms with Gasteiger partial charge in [-0.2, -0.15) is 0 Å². The van der Waals surface area contributed by atoms with Gasteiger partial charge >= 0.3 is 0 Å². The molecule has 3 aromatic carbocycles. The molecule has 0 radical (unpaired) electrons. The Morgan fingerprint density at radius 3 is 2.44 bits per heavy atom. The molecule has 0 saturated carbocycles. The van der Waals surface area contributed by atoms with Crippen molar-refractivity contribution in [3.05, 3.63) is 84.2 Å². The maximum atomic E-state index is 13.4. The lowest BCUT2D eigenvalue weighted by Gasteiger charge is -2.13. The normalized spacial score (nSPS) is 16.0. The first-order valence-electron chi connectivity index (χ1n) is 8.18. The number of para-hydroxylation sites is 2. The first-order valence-corrected chi connectivity index (χ1v) is 9.06. The van der Waals surface area contributed by atoms with Gasteiger partial charge in [0.2, 0.25) is 0 Å². The molecule has 4 aromatic rings. The smallest absolute Gasteiger partial charge is 0.123 e. The molecule has 0 spiro atoms. The van der Waals surface area contributed by atoms with Crippen LogP contribution >= 0.6 is 11.8 Å². The number of rotatable bonds is 2. The second kappa shape index (κ2) is 5.67. The van der Waals surface area contributed by atoms with Gasteiger partial charge < -0.3 is 10.3 Å². The molecule has 0 aliphatic carbocycles. The van der Waals surface area contributed by atoms with Crippen molar-refractivity contribution in [3.8, 4) is 11.3 Å². The van der Waals surface area contributed by atoms with Gasteiger partial charge in [-0.25, -0.2) is 4.39 Å². The molecule has 2 nitrogen and oxygen atoms in total. The quantitative estimate of drug-likeness (QED) is 0.453. The Hall–Kier alpha value is -2.72. The van der Waals surface area contributed by atoms with Crippen LogP contribution in [-0.2, 0) is 0 Å². The molecular weight excluding hydrogens is 331 g/mol. The Kier molecular flexibility index (Phi) is 3.31. The predicted molar refractivity (Wildman–Crippen MR) is 102 cm³/mol. The lowest BCUT2D eigenvalue weighted by atomic mass is 10.0. The van der Waals surface area contributed by atoms with Crippen molar-refractivity contribution < 1.29 is 4.39 Å². The van der Waals surface area contributed by atoms with Gasteiger partial charge in [-0.15, -0.1) is 0 Å². The molecule has 0 amide bonds. The highest BCUT2D eigenvalue weighted by Gasteiger charge is 2.28. The molecule has 0 fully saturated rings. The lowest BCUT2D eigenvalue weighted by molar-refractivity contribution is 0.628. The molecule has 2 heterocycles. The van der Waals surface area contributed by atoms with Gasteiger partial charge in [0.25, 0.3) is 0 Å². The fourth-order valence-corrected chi connectivity index (χ4v) is 4.61. The molecule has 1 aliphatic heterocycles. The third-order valence-electron chi connectivity index (χ3n) is 4.56. The molecule has 1 aliphatic rings. The summed E-state index contributed by atoms with van der Waals surface area (Å²) in [5.74, 6) is -0.220. The van der Waals surface area contributed by atoms with E-state index in [2.05, 4.69) is 46.7 Å². The summed E-state index contributed by atoms with van der Waals surface area (Å²) in [6, 6.07) is 23.3. The van der Waals surface area contributed by atoms with Gasteiger partial charge in [0.15, 0.2) is 0 Å². The molecule has 0 saturated heterocycles.